The molecule has 0 aliphatic heterocycles. The second-order valence-electron chi connectivity index (χ2n) is 0.967. The van der Waals surface area contributed by atoms with E-state index in [4.69, 9.17) is 27.4 Å². The van der Waals surface area contributed by atoms with E-state index >= 15 is 0 Å². The molecule has 0 spiro atoms. The zero-order chi connectivity index (χ0) is 8.08. The number of rotatable bonds is 0. The molecule has 0 saturated carbocycles. The monoisotopic (exact) mass is 210 g/mol. The normalized spacial score (nSPS) is 8.30. The molecule has 10 heavy (non-hydrogen) atoms. The van der Waals surface area contributed by atoms with Crippen molar-refractivity contribution in [3.05, 3.63) is 0 Å². The van der Waals surface area contributed by atoms with Crippen LogP contribution in [-0.4, -0.2) is 28.6 Å². The molecule has 0 aromatic rings. The molecule has 0 amide bonds. The van der Waals surface area contributed by atoms with Gasteiger partial charge in [0.1, 0.15) is 0 Å². The molecular weight excluding hydrogens is 204 g/mol. The van der Waals surface area contributed by atoms with Crippen LogP contribution in [0.3, 0.4) is 0 Å². The quantitative estimate of drug-likeness (QED) is 0.462. The molecule has 0 radical (unpaired) electrons. The van der Waals surface area contributed by atoms with Crippen molar-refractivity contribution in [3.63, 3.8) is 0 Å². The van der Waals surface area contributed by atoms with E-state index in [2.05, 4.69) is 0 Å². The summed E-state index contributed by atoms with van der Waals surface area (Å²) in [5.74, 6) is -0.833. The molecule has 0 aliphatic rings. The number of carbonyl (C=O) groups is 1. The Bertz CT molecular complexity index is 158. The van der Waals surface area contributed by atoms with Crippen LogP contribution in [-0.2, 0) is 32.6 Å². The second-order valence-corrected chi connectivity index (χ2v) is 1.86. The standard InChI is InChI=1S/C2H4O2.Cr.H2O4S/c1-2(3)4;;1-5(2,3)4/h1H3,(H,3,4);;(H2,1,2,3,4). The maximum absolute atomic E-state index is 9.00. The van der Waals surface area contributed by atoms with Gasteiger partial charge in [-0.15, -0.1) is 0 Å². The van der Waals surface area contributed by atoms with E-state index in [1.54, 1.807) is 0 Å². The molecule has 6 nitrogen and oxygen atoms in total. The molecule has 3 N–H and O–H groups in total. The fourth-order valence-corrected chi connectivity index (χ4v) is 0. The van der Waals surface area contributed by atoms with Crippen molar-refractivity contribution < 1.29 is 44.8 Å². The third kappa shape index (κ3) is 22900. The fourth-order valence-electron chi connectivity index (χ4n) is 0. The van der Waals surface area contributed by atoms with Crippen molar-refractivity contribution in [2.45, 2.75) is 6.92 Å². The van der Waals surface area contributed by atoms with E-state index in [0.717, 1.165) is 6.92 Å². The minimum Gasteiger partial charge on any atom is -0.481 e. The second kappa shape index (κ2) is 6.99. The third-order valence-electron chi connectivity index (χ3n) is 0. The molecule has 0 fully saturated rings. The van der Waals surface area contributed by atoms with Crippen molar-refractivity contribution in [1.29, 1.82) is 0 Å². The van der Waals surface area contributed by atoms with Gasteiger partial charge < -0.3 is 5.11 Å². The van der Waals surface area contributed by atoms with Crippen LogP contribution in [0.1, 0.15) is 6.92 Å². The summed E-state index contributed by atoms with van der Waals surface area (Å²) < 4.78 is 31.6. The van der Waals surface area contributed by atoms with E-state index in [-0.39, 0.29) is 17.4 Å². The van der Waals surface area contributed by atoms with Crippen LogP contribution in [0.5, 0.6) is 0 Å². The Balaban J connectivity index is -0.0000000910. The minimum atomic E-state index is -4.67. The van der Waals surface area contributed by atoms with Gasteiger partial charge in [-0.1, -0.05) is 0 Å². The Morgan fingerprint density at radius 2 is 1.30 bits per heavy atom. The fraction of sp³-hybridized carbons (Fsp3) is 0.500. The summed E-state index contributed by atoms with van der Waals surface area (Å²) in [6.45, 7) is 1.08. The largest absolute Gasteiger partial charge is 0.481 e. The Labute approximate surface area is 68.6 Å². The third-order valence-corrected chi connectivity index (χ3v) is 0. The van der Waals surface area contributed by atoms with Gasteiger partial charge in [0.15, 0.2) is 0 Å². The van der Waals surface area contributed by atoms with Crippen molar-refractivity contribution >= 4 is 16.4 Å². The molecule has 0 saturated heterocycles. The van der Waals surface area contributed by atoms with E-state index in [1.807, 2.05) is 0 Å². The summed E-state index contributed by atoms with van der Waals surface area (Å²) in [5.41, 5.74) is 0. The first-order chi connectivity index (χ1) is 3.73. The van der Waals surface area contributed by atoms with Crippen LogP contribution < -0.4 is 0 Å². The van der Waals surface area contributed by atoms with Gasteiger partial charge >= 0.3 is 10.4 Å². The summed E-state index contributed by atoms with van der Waals surface area (Å²) in [4.78, 5) is 9.00. The molecule has 0 aliphatic carbocycles. The van der Waals surface area contributed by atoms with E-state index in [0.29, 0.717) is 0 Å². The molecule has 0 aromatic carbocycles. The first-order valence-electron chi connectivity index (χ1n) is 1.63. The van der Waals surface area contributed by atoms with E-state index in [1.165, 1.54) is 0 Å². The maximum atomic E-state index is 9.00. The van der Waals surface area contributed by atoms with Gasteiger partial charge in [-0.25, -0.2) is 0 Å². The van der Waals surface area contributed by atoms with Crippen molar-refractivity contribution in [1.82, 2.24) is 0 Å². The van der Waals surface area contributed by atoms with E-state index < -0.39 is 16.4 Å². The van der Waals surface area contributed by atoms with Gasteiger partial charge in [0.25, 0.3) is 5.97 Å². The number of carboxylic acid groups (broad SMARTS) is 1. The molecule has 8 heteroatoms. The van der Waals surface area contributed by atoms with Crippen LogP contribution >= 0.6 is 0 Å². The molecule has 62 valence electrons. The smallest absolute Gasteiger partial charge is 0.394 e. The van der Waals surface area contributed by atoms with Gasteiger partial charge in [0, 0.05) is 24.3 Å². The summed E-state index contributed by atoms with van der Waals surface area (Å²) in [5, 5.41) is 7.42. The SMILES string of the molecule is CC(=O)O.O=S(=O)(O)O.[Cr]. The van der Waals surface area contributed by atoms with Crippen molar-refractivity contribution in [2.24, 2.45) is 0 Å². The van der Waals surface area contributed by atoms with Crippen molar-refractivity contribution in [3.8, 4) is 0 Å². The van der Waals surface area contributed by atoms with Crippen LogP contribution in [0.25, 0.3) is 0 Å². The van der Waals surface area contributed by atoms with Gasteiger partial charge in [-0.2, -0.15) is 8.42 Å². The van der Waals surface area contributed by atoms with Crippen LogP contribution in [0.15, 0.2) is 0 Å². The zero-order valence-corrected chi connectivity index (χ0v) is 6.97. The summed E-state index contributed by atoms with van der Waals surface area (Å²) in [6.07, 6.45) is 0. The van der Waals surface area contributed by atoms with Gasteiger partial charge in [0.2, 0.25) is 0 Å². The molecule has 0 unspecified atom stereocenters. The zero-order valence-electron chi connectivity index (χ0n) is 4.88. The Morgan fingerprint density at radius 1 is 1.30 bits per heavy atom. The topological polar surface area (TPSA) is 112 Å². The van der Waals surface area contributed by atoms with Crippen molar-refractivity contribution in [2.75, 3.05) is 0 Å². The number of aliphatic carboxylic acids is 1. The molecule has 0 bridgehead atoms. The number of hydrogen-bond acceptors (Lipinski definition) is 3. The molecular formula is C2H6CrO6S. The first-order valence-corrected chi connectivity index (χ1v) is 3.02. The average molecular weight is 210 g/mol. The minimum absolute atomic E-state index is 0. The van der Waals surface area contributed by atoms with Crippen LogP contribution in [0.4, 0.5) is 0 Å². The Hall–Kier alpha value is -0.128. The predicted molar refractivity (Wildman–Crippen MR) is 27.5 cm³/mol. The molecule has 0 rings (SSSR count). The summed E-state index contributed by atoms with van der Waals surface area (Å²) in [7, 11) is -4.67. The molecule has 0 heterocycles. The van der Waals surface area contributed by atoms with Gasteiger partial charge in [-0.3, -0.25) is 13.9 Å². The summed E-state index contributed by atoms with van der Waals surface area (Å²) >= 11 is 0. The number of carboxylic acids is 1. The molecule has 0 aromatic heterocycles. The molecule has 0 atom stereocenters. The Kier molecular flexibility index (Phi) is 11.5. The van der Waals surface area contributed by atoms with Crippen LogP contribution in [0.2, 0.25) is 0 Å². The first kappa shape index (κ1) is 16.5. The van der Waals surface area contributed by atoms with E-state index in [9.17, 15) is 0 Å². The van der Waals surface area contributed by atoms with Gasteiger partial charge in [-0.05, 0) is 0 Å². The average Bonchev–Trinajstić information content (AvgIpc) is 1.19. The maximum Gasteiger partial charge on any atom is 0.394 e. The van der Waals surface area contributed by atoms with Gasteiger partial charge in [0.05, 0.1) is 0 Å². The Morgan fingerprint density at radius 3 is 1.30 bits per heavy atom. The number of hydrogen-bond donors (Lipinski definition) is 3. The summed E-state index contributed by atoms with van der Waals surface area (Å²) in [6, 6.07) is 0. The van der Waals surface area contributed by atoms with Crippen LogP contribution in [0, 0.1) is 0 Å². The predicted octanol–water partition coefficient (Wildman–Crippen LogP) is -0.564.